The molecule has 1 N–H and O–H groups in total. The Morgan fingerprint density at radius 2 is 1.45 bits per heavy atom. The van der Waals surface area contributed by atoms with Crippen LogP contribution in [0.25, 0.3) is 11.8 Å². The van der Waals surface area contributed by atoms with E-state index in [0.29, 0.717) is 5.56 Å². The molecule has 2 aromatic rings. The lowest BCUT2D eigenvalue weighted by molar-refractivity contribution is -0.112. The number of benzene rings is 2. The number of aliphatic hydroxyl groups excluding tert-OH is 1. The molecule has 1 aliphatic rings. The molecule has 0 aromatic heterocycles. The highest BCUT2D eigenvalue weighted by molar-refractivity contribution is 6.52. The number of carbonyl (C=O) groups excluding carboxylic acids is 2. The van der Waals surface area contributed by atoms with E-state index in [-0.39, 0.29) is 23.3 Å². The van der Waals surface area contributed by atoms with Crippen molar-refractivity contribution in [3.05, 3.63) is 82.9 Å². The third kappa shape index (κ3) is 2.49. The summed E-state index contributed by atoms with van der Waals surface area (Å²) < 4.78 is 0. The fraction of sp³-hybridized carbons (Fsp3) is 0.0526. The molecule has 0 fully saturated rings. The molecule has 0 bridgehead atoms. The predicted molar refractivity (Wildman–Crippen MR) is 85.4 cm³/mol. The highest BCUT2D eigenvalue weighted by Gasteiger charge is 2.31. The van der Waals surface area contributed by atoms with Crippen LogP contribution in [0.15, 0.2) is 66.2 Å². The van der Waals surface area contributed by atoms with Crippen LogP contribution < -0.4 is 0 Å². The number of allylic oxidation sites excluding steroid dienone is 2. The number of fused-ring (bicyclic) bond motifs is 1. The minimum absolute atomic E-state index is 0.0992. The second-order valence-corrected chi connectivity index (χ2v) is 5.05. The van der Waals surface area contributed by atoms with E-state index in [9.17, 15) is 14.7 Å². The first-order valence-electron chi connectivity index (χ1n) is 7.00. The SMILES string of the molecule is O=C1C(=O)c2ccccc2C(O)=C1CC=Cc1ccccc1. The third-order valence-electron chi connectivity index (χ3n) is 3.62. The fourth-order valence-electron chi connectivity index (χ4n) is 2.48. The Morgan fingerprint density at radius 3 is 2.18 bits per heavy atom. The van der Waals surface area contributed by atoms with Crippen LogP contribution in [0, 0.1) is 0 Å². The van der Waals surface area contributed by atoms with E-state index in [0.717, 1.165) is 5.56 Å². The summed E-state index contributed by atoms with van der Waals surface area (Å²) in [5.74, 6) is -1.29. The molecule has 22 heavy (non-hydrogen) atoms. The van der Waals surface area contributed by atoms with Crippen LogP contribution in [0.2, 0.25) is 0 Å². The van der Waals surface area contributed by atoms with Gasteiger partial charge in [0.05, 0.1) is 0 Å². The van der Waals surface area contributed by atoms with Crippen molar-refractivity contribution in [1.29, 1.82) is 0 Å². The molecule has 0 radical (unpaired) electrons. The summed E-state index contributed by atoms with van der Waals surface area (Å²) in [7, 11) is 0. The van der Waals surface area contributed by atoms with Crippen LogP contribution in [0.5, 0.6) is 0 Å². The molecule has 108 valence electrons. The number of carbonyl (C=O) groups is 2. The van der Waals surface area contributed by atoms with Crippen molar-refractivity contribution in [1.82, 2.24) is 0 Å². The number of Topliss-reactive ketones (excluding diaryl/α,β-unsaturated/α-hetero) is 2. The van der Waals surface area contributed by atoms with Gasteiger partial charge in [-0.2, -0.15) is 0 Å². The lowest BCUT2D eigenvalue weighted by atomic mass is 9.87. The van der Waals surface area contributed by atoms with Crippen molar-refractivity contribution in [3.63, 3.8) is 0 Å². The van der Waals surface area contributed by atoms with Gasteiger partial charge in [-0.05, 0) is 12.0 Å². The van der Waals surface area contributed by atoms with Gasteiger partial charge in [0.2, 0.25) is 11.6 Å². The van der Waals surface area contributed by atoms with Crippen LogP contribution in [-0.2, 0) is 4.79 Å². The van der Waals surface area contributed by atoms with E-state index in [1.54, 1.807) is 30.3 Å². The third-order valence-corrected chi connectivity index (χ3v) is 3.62. The summed E-state index contributed by atoms with van der Waals surface area (Å²) >= 11 is 0. The first-order valence-corrected chi connectivity index (χ1v) is 7.00. The maximum absolute atomic E-state index is 12.1. The zero-order valence-corrected chi connectivity index (χ0v) is 11.8. The molecule has 0 saturated carbocycles. The van der Waals surface area contributed by atoms with Crippen molar-refractivity contribution in [2.45, 2.75) is 6.42 Å². The van der Waals surface area contributed by atoms with Crippen LogP contribution in [0.4, 0.5) is 0 Å². The Balaban J connectivity index is 1.91. The van der Waals surface area contributed by atoms with E-state index >= 15 is 0 Å². The van der Waals surface area contributed by atoms with E-state index in [2.05, 4.69) is 0 Å². The Bertz CT molecular complexity index is 798. The van der Waals surface area contributed by atoms with Crippen molar-refractivity contribution >= 4 is 23.4 Å². The number of aliphatic hydroxyl groups is 1. The van der Waals surface area contributed by atoms with Gasteiger partial charge in [0, 0.05) is 16.7 Å². The number of hydrogen-bond acceptors (Lipinski definition) is 3. The lowest BCUT2D eigenvalue weighted by Crippen LogP contribution is -2.23. The lowest BCUT2D eigenvalue weighted by Gasteiger charge is -2.16. The van der Waals surface area contributed by atoms with Crippen molar-refractivity contribution < 1.29 is 14.7 Å². The number of ketones is 2. The Labute approximate surface area is 128 Å². The molecular weight excluding hydrogens is 276 g/mol. The quantitative estimate of drug-likeness (QED) is 0.874. The average Bonchev–Trinajstić information content (AvgIpc) is 2.57. The summed E-state index contributed by atoms with van der Waals surface area (Å²) in [6.45, 7) is 0. The van der Waals surface area contributed by atoms with E-state index in [1.807, 2.05) is 36.4 Å². The summed E-state index contributed by atoms with van der Waals surface area (Å²) in [6.07, 6.45) is 3.86. The van der Waals surface area contributed by atoms with Gasteiger partial charge >= 0.3 is 0 Å². The van der Waals surface area contributed by atoms with Crippen LogP contribution in [0.1, 0.15) is 27.9 Å². The molecule has 2 aromatic carbocycles. The van der Waals surface area contributed by atoms with Crippen LogP contribution >= 0.6 is 0 Å². The normalized spacial score (nSPS) is 14.5. The van der Waals surface area contributed by atoms with Gasteiger partial charge in [-0.3, -0.25) is 9.59 Å². The second-order valence-electron chi connectivity index (χ2n) is 5.05. The fourth-order valence-corrected chi connectivity index (χ4v) is 2.48. The first-order chi connectivity index (χ1) is 10.7. The molecule has 0 aliphatic heterocycles. The summed E-state index contributed by atoms with van der Waals surface area (Å²) in [6, 6.07) is 16.3. The highest BCUT2D eigenvalue weighted by atomic mass is 16.3. The molecule has 1 aliphatic carbocycles. The van der Waals surface area contributed by atoms with Gasteiger partial charge < -0.3 is 5.11 Å². The Morgan fingerprint density at radius 1 is 0.818 bits per heavy atom. The zero-order valence-electron chi connectivity index (χ0n) is 11.8. The van der Waals surface area contributed by atoms with Crippen LogP contribution in [-0.4, -0.2) is 16.7 Å². The van der Waals surface area contributed by atoms with Gasteiger partial charge in [-0.15, -0.1) is 0 Å². The van der Waals surface area contributed by atoms with Crippen molar-refractivity contribution in [2.24, 2.45) is 0 Å². The molecular formula is C19H14O3. The second kappa shape index (κ2) is 5.82. The van der Waals surface area contributed by atoms with E-state index in [4.69, 9.17) is 0 Å². The van der Waals surface area contributed by atoms with Crippen molar-refractivity contribution in [2.75, 3.05) is 0 Å². The first kappa shape index (κ1) is 14.0. The van der Waals surface area contributed by atoms with Crippen molar-refractivity contribution in [3.8, 4) is 0 Å². The molecule has 0 heterocycles. The smallest absolute Gasteiger partial charge is 0.234 e. The zero-order chi connectivity index (χ0) is 15.5. The maximum Gasteiger partial charge on any atom is 0.234 e. The molecule has 0 unspecified atom stereocenters. The Hall–Kier alpha value is -2.94. The Kier molecular flexibility index (Phi) is 3.71. The standard InChI is InChI=1S/C19H14O3/c20-17-14-10-4-5-11-15(14)18(21)19(22)16(17)12-6-9-13-7-2-1-3-8-13/h1-11,20H,12H2. The van der Waals surface area contributed by atoms with E-state index in [1.165, 1.54) is 0 Å². The van der Waals surface area contributed by atoms with E-state index < -0.39 is 11.6 Å². The minimum atomic E-state index is -0.631. The van der Waals surface area contributed by atoms with Gasteiger partial charge in [0.15, 0.2) is 0 Å². The number of hydrogen-bond donors (Lipinski definition) is 1. The largest absolute Gasteiger partial charge is 0.507 e. The molecule has 0 atom stereocenters. The van der Waals surface area contributed by atoms with Gasteiger partial charge in [-0.1, -0.05) is 66.7 Å². The highest BCUT2D eigenvalue weighted by Crippen LogP contribution is 2.29. The monoisotopic (exact) mass is 290 g/mol. The topological polar surface area (TPSA) is 54.4 Å². The van der Waals surface area contributed by atoms with Gasteiger partial charge in [0.25, 0.3) is 0 Å². The minimum Gasteiger partial charge on any atom is -0.507 e. The molecule has 3 rings (SSSR count). The van der Waals surface area contributed by atoms with Gasteiger partial charge in [-0.25, -0.2) is 0 Å². The van der Waals surface area contributed by atoms with Crippen LogP contribution in [0.3, 0.4) is 0 Å². The summed E-state index contributed by atoms with van der Waals surface area (Å²) in [4.78, 5) is 24.2. The maximum atomic E-state index is 12.1. The molecule has 0 spiro atoms. The van der Waals surface area contributed by atoms with Gasteiger partial charge in [0.1, 0.15) is 5.76 Å². The molecule has 0 amide bonds. The summed E-state index contributed by atoms with van der Waals surface area (Å²) in [5, 5.41) is 10.3. The number of rotatable bonds is 3. The molecule has 0 saturated heterocycles. The predicted octanol–water partition coefficient (Wildman–Crippen LogP) is 3.82. The molecule has 3 nitrogen and oxygen atoms in total. The average molecular weight is 290 g/mol. The summed E-state index contributed by atoms with van der Waals surface area (Å²) in [5.41, 5.74) is 1.84. The molecule has 3 heteroatoms.